The smallest absolute Gasteiger partial charge is 0.387 e. The molecule has 1 amide bonds. The number of hydrogen-bond donors (Lipinski definition) is 1. The number of nitrogens with one attached hydrogen (secondary N) is 1. The predicted molar refractivity (Wildman–Crippen MR) is 98.7 cm³/mol. The summed E-state index contributed by atoms with van der Waals surface area (Å²) in [6.45, 7) is 1.03. The second-order valence-corrected chi connectivity index (χ2v) is 6.44. The molecule has 0 unspecified atom stereocenters. The zero-order valence-electron chi connectivity index (χ0n) is 15.4. The number of carbonyl (C=O) groups excluding carboxylic acids is 1. The van der Waals surface area contributed by atoms with Crippen LogP contribution in [0.25, 0.3) is 0 Å². The van der Waals surface area contributed by atoms with Crippen LogP contribution in [0.15, 0.2) is 53.1 Å². The average Bonchev–Trinajstić information content (AvgIpc) is 3.12. The Kier molecular flexibility index (Phi) is 5.98. The monoisotopic (exact) mass is 387 g/mol. The van der Waals surface area contributed by atoms with Gasteiger partial charge in [-0.05, 0) is 35.9 Å². The normalized spacial score (nSPS) is 11.1. The van der Waals surface area contributed by atoms with E-state index in [-0.39, 0.29) is 17.2 Å². The zero-order chi connectivity index (χ0) is 20.1. The van der Waals surface area contributed by atoms with Gasteiger partial charge in [0.25, 0.3) is 5.91 Å². The van der Waals surface area contributed by atoms with E-state index in [2.05, 4.69) is 20.2 Å². The average molecular weight is 387 g/mol. The molecule has 0 saturated carbocycles. The van der Waals surface area contributed by atoms with E-state index in [4.69, 9.17) is 4.52 Å². The van der Waals surface area contributed by atoms with Crippen LogP contribution in [0.1, 0.15) is 47.4 Å². The van der Waals surface area contributed by atoms with E-state index in [1.54, 1.807) is 12.1 Å². The third-order valence-corrected chi connectivity index (χ3v) is 3.89. The molecule has 28 heavy (non-hydrogen) atoms. The van der Waals surface area contributed by atoms with Crippen molar-refractivity contribution in [1.29, 1.82) is 0 Å². The molecule has 1 N–H and O–H groups in total. The highest BCUT2D eigenvalue weighted by molar-refractivity contribution is 6.04. The molecule has 0 spiro atoms. The van der Waals surface area contributed by atoms with Crippen LogP contribution in [-0.4, -0.2) is 22.7 Å². The third-order valence-electron chi connectivity index (χ3n) is 3.89. The number of aromatic nitrogens is 2. The van der Waals surface area contributed by atoms with Crippen molar-refractivity contribution in [3.8, 4) is 5.75 Å². The molecule has 0 atom stereocenters. The van der Waals surface area contributed by atoms with Crippen molar-refractivity contribution >= 4 is 11.6 Å². The molecule has 0 aliphatic heterocycles. The molecule has 0 aliphatic carbocycles. The first-order chi connectivity index (χ1) is 13.4. The Balaban J connectivity index is 1.62. The van der Waals surface area contributed by atoms with Gasteiger partial charge in [0.2, 0.25) is 5.89 Å². The zero-order valence-corrected chi connectivity index (χ0v) is 15.4. The van der Waals surface area contributed by atoms with Crippen molar-refractivity contribution in [1.82, 2.24) is 10.1 Å². The lowest BCUT2D eigenvalue weighted by Gasteiger charge is -2.08. The third kappa shape index (κ3) is 5.12. The van der Waals surface area contributed by atoms with Gasteiger partial charge in [-0.3, -0.25) is 4.79 Å². The molecule has 0 saturated heterocycles. The summed E-state index contributed by atoms with van der Waals surface area (Å²) in [6.07, 6.45) is 0.487. The molecule has 2 aromatic carbocycles. The Labute approximate surface area is 160 Å². The molecular weight excluding hydrogens is 368 g/mol. The van der Waals surface area contributed by atoms with Crippen molar-refractivity contribution in [3.63, 3.8) is 0 Å². The molecule has 8 heteroatoms. The van der Waals surface area contributed by atoms with E-state index in [0.29, 0.717) is 23.8 Å². The number of rotatable bonds is 7. The second-order valence-electron chi connectivity index (χ2n) is 6.44. The van der Waals surface area contributed by atoms with Gasteiger partial charge in [0, 0.05) is 17.2 Å². The summed E-state index contributed by atoms with van der Waals surface area (Å²) in [6, 6.07) is 12.8. The fourth-order valence-electron chi connectivity index (χ4n) is 2.47. The molecule has 0 aliphatic rings. The minimum Gasteiger partial charge on any atom is -0.435 e. The van der Waals surface area contributed by atoms with Gasteiger partial charge >= 0.3 is 6.61 Å². The highest BCUT2D eigenvalue weighted by atomic mass is 19.3. The number of alkyl halides is 2. The summed E-state index contributed by atoms with van der Waals surface area (Å²) >= 11 is 0. The summed E-state index contributed by atoms with van der Waals surface area (Å²) in [5.74, 6) is 0.886. The molecular formula is C20H19F2N3O3. The molecule has 6 nitrogen and oxygen atoms in total. The number of amides is 1. The Bertz CT molecular complexity index is 940. The van der Waals surface area contributed by atoms with Crippen molar-refractivity contribution in [2.75, 3.05) is 5.32 Å². The van der Waals surface area contributed by atoms with Crippen LogP contribution in [0.3, 0.4) is 0 Å². The van der Waals surface area contributed by atoms with Gasteiger partial charge in [-0.2, -0.15) is 13.8 Å². The predicted octanol–water partition coefficient (Wildman–Crippen LogP) is 4.64. The van der Waals surface area contributed by atoms with E-state index in [1.165, 1.54) is 24.3 Å². The fourth-order valence-corrected chi connectivity index (χ4v) is 2.47. The molecule has 0 fully saturated rings. The maximum Gasteiger partial charge on any atom is 0.387 e. The minimum absolute atomic E-state index is 0.0710. The van der Waals surface area contributed by atoms with Crippen LogP contribution in [0.5, 0.6) is 5.75 Å². The van der Waals surface area contributed by atoms with Gasteiger partial charge in [0.05, 0.1) is 6.42 Å². The van der Waals surface area contributed by atoms with E-state index in [9.17, 15) is 13.6 Å². The van der Waals surface area contributed by atoms with Crippen LogP contribution >= 0.6 is 0 Å². The van der Waals surface area contributed by atoms with Crippen molar-refractivity contribution in [2.45, 2.75) is 32.8 Å². The summed E-state index contributed by atoms with van der Waals surface area (Å²) < 4.78 is 34.1. The number of nitrogens with zero attached hydrogens (tertiary/aromatic N) is 2. The molecule has 3 aromatic rings. The Hall–Kier alpha value is -3.29. The van der Waals surface area contributed by atoms with Gasteiger partial charge in [0.1, 0.15) is 5.75 Å². The minimum atomic E-state index is -2.94. The molecule has 1 heterocycles. The van der Waals surface area contributed by atoms with Gasteiger partial charge in [0.15, 0.2) is 5.82 Å². The number of anilines is 1. The van der Waals surface area contributed by atoms with Gasteiger partial charge in [-0.25, -0.2) is 0 Å². The number of ether oxygens (including phenoxy) is 1. The van der Waals surface area contributed by atoms with Crippen LogP contribution in [0.4, 0.5) is 14.5 Å². The fraction of sp³-hybridized carbons (Fsp3) is 0.250. The number of hydrogen-bond acceptors (Lipinski definition) is 5. The van der Waals surface area contributed by atoms with Crippen LogP contribution in [0, 0.1) is 0 Å². The van der Waals surface area contributed by atoms with Crippen molar-refractivity contribution in [3.05, 3.63) is 71.4 Å². The maximum absolute atomic E-state index is 12.3. The van der Waals surface area contributed by atoms with Gasteiger partial charge in [-0.15, -0.1) is 0 Å². The second kappa shape index (κ2) is 8.60. The highest BCUT2D eigenvalue weighted by Gasteiger charge is 2.12. The largest absolute Gasteiger partial charge is 0.435 e. The topological polar surface area (TPSA) is 77.2 Å². The van der Waals surface area contributed by atoms with Crippen molar-refractivity contribution in [2.24, 2.45) is 0 Å². The Morgan fingerprint density at radius 1 is 1.18 bits per heavy atom. The van der Waals surface area contributed by atoms with Gasteiger partial charge < -0.3 is 14.6 Å². The number of benzene rings is 2. The van der Waals surface area contributed by atoms with E-state index < -0.39 is 12.5 Å². The SMILES string of the molecule is CC(C)c1noc(Cc2ccc(NC(=O)c3cccc(OC(F)F)c3)cc2)n1. The molecule has 1 aromatic heterocycles. The van der Waals surface area contributed by atoms with Crippen molar-refractivity contribution < 1.29 is 22.8 Å². The van der Waals surface area contributed by atoms with E-state index in [0.717, 1.165) is 5.56 Å². The summed E-state index contributed by atoms with van der Waals surface area (Å²) in [7, 11) is 0. The summed E-state index contributed by atoms with van der Waals surface area (Å²) in [5, 5.41) is 6.64. The lowest BCUT2D eigenvalue weighted by Crippen LogP contribution is -2.12. The standard InChI is InChI=1S/C20H19F2N3O3/c1-12(2)18-24-17(28-25-18)10-13-6-8-15(9-7-13)23-19(26)14-4-3-5-16(11-14)27-20(21)22/h3-9,11-12,20H,10H2,1-2H3,(H,23,26). The lowest BCUT2D eigenvalue weighted by atomic mass is 10.1. The van der Waals surface area contributed by atoms with Crippen LogP contribution < -0.4 is 10.1 Å². The first-order valence-electron chi connectivity index (χ1n) is 8.68. The number of halogens is 2. The lowest BCUT2D eigenvalue weighted by molar-refractivity contribution is -0.0498. The van der Waals surface area contributed by atoms with Crippen LogP contribution in [0.2, 0.25) is 0 Å². The van der Waals surface area contributed by atoms with E-state index >= 15 is 0 Å². The summed E-state index contributed by atoms with van der Waals surface area (Å²) in [4.78, 5) is 16.6. The molecule has 0 bridgehead atoms. The molecule has 0 radical (unpaired) electrons. The first-order valence-corrected chi connectivity index (χ1v) is 8.68. The maximum atomic E-state index is 12.3. The number of carbonyl (C=O) groups is 1. The van der Waals surface area contributed by atoms with Gasteiger partial charge in [-0.1, -0.05) is 37.2 Å². The van der Waals surface area contributed by atoms with Crippen LogP contribution in [-0.2, 0) is 6.42 Å². The highest BCUT2D eigenvalue weighted by Crippen LogP contribution is 2.19. The molecule has 3 rings (SSSR count). The summed E-state index contributed by atoms with van der Waals surface area (Å²) in [5.41, 5.74) is 1.74. The Morgan fingerprint density at radius 2 is 1.93 bits per heavy atom. The quantitative estimate of drug-likeness (QED) is 0.639. The van der Waals surface area contributed by atoms with E-state index in [1.807, 2.05) is 26.0 Å². The Morgan fingerprint density at radius 3 is 2.57 bits per heavy atom. The first kappa shape index (κ1) is 19.5. The molecule has 146 valence electrons.